The number of benzene rings is 8. The highest BCUT2D eigenvalue weighted by Crippen LogP contribution is 2.25. The van der Waals surface area contributed by atoms with E-state index in [9.17, 15) is 0 Å². The molecule has 0 saturated heterocycles. The van der Waals surface area contributed by atoms with E-state index in [0.717, 1.165) is 12.1 Å². The highest BCUT2D eigenvalue weighted by Gasteiger charge is 2.03. The quantitative estimate of drug-likeness (QED) is 0.177. The van der Waals surface area contributed by atoms with Gasteiger partial charge in [0.2, 0.25) is 0 Å². The Kier molecular flexibility index (Phi) is 12.0. The molecule has 0 unspecified atom stereocenters. The first kappa shape index (κ1) is 34.4. The largest absolute Gasteiger partial charge is 0.399 e. The maximum atomic E-state index is 5.70. The predicted octanol–water partition coefficient (Wildman–Crippen LogP) is 13.2. The van der Waals surface area contributed by atoms with Gasteiger partial charge in [-0.25, -0.2) is 0 Å². The molecule has 0 heterocycles. The molecule has 8 rings (SSSR count). The van der Waals surface area contributed by atoms with Gasteiger partial charge in [-0.05, 0) is 81.1 Å². The molecule has 1 nitrogen and oxygen atoms in total. The Morgan fingerprint density at radius 2 is 0.608 bits per heavy atom. The fourth-order valence-corrected chi connectivity index (χ4v) is 6.02. The highest BCUT2D eigenvalue weighted by molar-refractivity contribution is 5.68. The van der Waals surface area contributed by atoms with E-state index in [1.165, 1.54) is 61.2 Å². The van der Waals surface area contributed by atoms with Crippen LogP contribution in [0, 0.1) is 6.92 Å². The maximum absolute atomic E-state index is 5.70. The SMILES string of the molecule is Cc1cccc(-c2ccccc2)c1.Nc1cccc(-c2ccccc2)c1.c1ccc(-c2cccc(Cc3cccc(-c4ccccc4)c3)c2)cc1. The molecule has 0 aliphatic rings. The smallest absolute Gasteiger partial charge is 0.0320 e. The van der Waals surface area contributed by atoms with Crippen molar-refractivity contribution in [3.8, 4) is 44.5 Å². The minimum atomic E-state index is 0.807. The summed E-state index contributed by atoms with van der Waals surface area (Å²) in [6.45, 7) is 2.12. The first-order valence-electron chi connectivity index (χ1n) is 17.4. The van der Waals surface area contributed by atoms with Crippen LogP contribution in [0.1, 0.15) is 16.7 Å². The summed E-state index contributed by atoms with van der Waals surface area (Å²) in [7, 11) is 0. The first-order valence-corrected chi connectivity index (χ1v) is 17.4. The van der Waals surface area contributed by atoms with Crippen LogP contribution < -0.4 is 5.73 Å². The van der Waals surface area contributed by atoms with Gasteiger partial charge in [-0.2, -0.15) is 0 Å². The van der Waals surface area contributed by atoms with Crippen LogP contribution in [0.4, 0.5) is 5.69 Å². The van der Waals surface area contributed by atoms with E-state index in [-0.39, 0.29) is 0 Å². The van der Waals surface area contributed by atoms with Crippen LogP contribution in [-0.4, -0.2) is 0 Å². The van der Waals surface area contributed by atoms with Crippen molar-refractivity contribution in [1.29, 1.82) is 0 Å². The van der Waals surface area contributed by atoms with Crippen molar-refractivity contribution in [1.82, 2.24) is 0 Å². The Morgan fingerprint density at radius 1 is 0.294 bits per heavy atom. The Hall–Kier alpha value is -6.44. The third kappa shape index (κ3) is 10.3. The highest BCUT2D eigenvalue weighted by atomic mass is 14.5. The summed E-state index contributed by atoms with van der Waals surface area (Å²) >= 11 is 0. The van der Waals surface area contributed by atoms with Crippen LogP contribution >= 0.6 is 0 Å². The van der Waals surface area contributed by atoms with Gasteiger partial charge in [0.25, 0.3) is 0 Å². The van der Waals surface area contributed by atoms with Crippen LogP contribution in [0.15, 0.2) is 218 Å². The second-order valence-electron chi connectivity index (χ2n) is 12.5. The van der Waals surface area contributed by atoms with E-state index >= 15 is 0 Å². The molecular weight excluding hydrogens is 615 g/mol. The number of hydrogen-bond acceptors (Lipinski definition) is 1. The van der Waals surface area contributed by atoms with Gasteiger partial charge in [0, 0.05) is 5.69 Å². The maximum Gasteiger partial charge on any atom is 0.0320 e. The summed E-state index contributed by atoms with van der Waals surface area (Å²) in [6, 6.07) is 75.9. The van der Waals surface area contributed by atoms with Crippen molar-refractivity contribution in [2.45, 2.75) is 13.3 Å². The average Bonchev–Trinajstić information content (AvgIpc) is 3.20. The Balaban J connectivity index is 0.000000145. The fourth-order valence-electron chi connectivity index (χ4n) is 6.02. The van der Waals surface area contributed by atoms with Gasteiger partial charge in [-0.1, -0.05) is 212 Å². The van der Waals surface area contributed by atoms with Gasteiger partial charge < -0.3 is 5.73 Å². The molecule has 0 bridgehead atoms. The Labute approximate surface area is 303 Å². The zero-order valence-corrected chi connectivity index (χ0v) is 29.1. The monoisotopic (exact) mass is 657 g/mol. The molecule has 0 fully saturated rings. The van der Waals surface area contributed by atoms with Crippen molar-refractivity contribution < 1.29 is 0 Å². The summed E-state index contributed by atoms with van der Waals surface area (Å²) in [5.74, 6) is 0. The molecule has 248 valence electrons. The van der Waals surface area contributed by atoms with Gasteiger partial charge in [0.1, 0.15) is 0 Å². The zero-order chi connectivity index (χ0) is 35.1. The van der Waals surface area contributed by atoms with Crippen molar-refractivity contribution in [3.63, 3.8) is 0 Å². The fraction of sp³-hybridized carbons (Fsp3) is 0.0400. The van der Waals surface area contributed by atoms with Crippen LogP contribution in [0.5, 0.6) is 0 Å². The molecule has 0 amide bonds. The third-order valence-electron chi connectivity index (χ3n) is 8.60. The lowest BCUT2D eigenvalue weighted by molar-refractivity contribution is 1.19. The molecule has 8 aromatic rings. The number of rotatable bonds is 6. The lowest BCUT2D eigenvalue weighted by Gasteiger charge is -2.08. The lowest BCUT2D eigenvalue weighted by Crippen LogP contribution is -1.90. The summed E-state index contributed by atoms with van der Waals surface area (Å²) in [6.07, 6.45) is 0.946. The lowest BCUT2D eigenvalue weighted by atomic mass is 9.97. The minimum absolute atomic E-state index is 0.807. The molecular formula is C50H43N. The molecule has 0 aliphatic heterocycles. The van der Waals surface area contributed by atoms with Crippen LogP contribution in [-0.2, 0) is 6.42 Å². The third-order valence-corrected chi connectivity index (χ3v) is 8.60. The number of aryl methyl sites for hydroxylation is 1. The number of nitrogen functional groups attached to an aromatic ring is 1. The van der Waals surface area contributed by atoms with Crippen molar-refractivity contribution in [3.05, 3.63) is 235 Å². The van der Waals surface area contributed by atoms with E-state index in [0.29, 0.717) is 0 Å². The molecule has 51 heavy (non-hydrogen) atoms. The van der Waals surface area contributed by atoms with Crippen LogP contribution in [0.2, 0.25) is 0 Å². The molecule has 0 radical (unpaired) electrons. The summed E-state index contributed by atoms with van der Waals surface area (Å²) < 4.78 is 0. The van der Waals surface area contributed by atoms with Gasteiger partial charge in [0.05, 0.1) is 0 Å². The Morgan fingerprint density at radius 3 is 0.980 bits per heavy atom. The van der Waals surface area contributed by atoms with Gasteiger partial charge in [0.15, 0.2) is 0 Å². The Bertz CT molecular complexity index is 2060. The minimum Gasteiger partial charge on any atom is -0.399 e. The second kappa shape index (κ2) is 17.8. The van der Waals surface area contributed by atoms with Gasteiger partial charge >= 0.3 is 0 Å². The molecule has 8 aromatic carbocycles. The van der Waals surface area contributed by atoms with E-state index < -0.39 is 0 Å². The van der Waals surface area contributed by atoms with Crippen LogP contribution in [0.25, 0.3) is 44.5 Å². The zero-order valence-electron chi connectivity index (χ0n) is 29.1. The molecule has 0 aromatic heterocycles. The average molecular weight is 658 g/mol. The molecule has 0 atom stereocenters. The summed E-state index contributed by atoms with van der Waals surface area (Å²) in [5.41, 5.74) is 20.5. The predicted molar refractivity (Wildman–Crippen MR) is 219 cm³/mol. The molecule has 1 heteroatoms. The van der Waals surface area contributed by atoms with Gasteiger partial charge in [-0.3, -0.25) is 0 Å². The number of hydrogen-bond donors (Lipinski definition) is 1. The first-order chi connectivity index (χ1) is 25.1. The van der Waals surface area contributed by atoms with E-state index in [2.05, 4.69) is 183 Å². The van der Waals surface area contributed by atoms with Crippen LogP contribution in [0.3, 0.4) is 0 Å². The number of anilines is 1. The molecule has 0 saturated carbocycles. The molecule has 2 N–H and O–H groups in total. The van der Waals surface area contributed by atoms with Gasteiger partial charge in [-0.15, -0.1) is 0 Å². The second-order valence-corrected chi connectivity index (χ2v) is 12.5. The van der Waals surface area contributed by atoms with Crippen molar-refractivity contribution >= 4 is 5.69 Å². The van der Waals surface area contributed by atoms with Crippen molar-refractivity contribution in [2.24, 2.45) is 0 Å². The van der Waals surface area contributed by atoms with E-state index in [1.807, 2.05) is 42.5 Å². The number of nitrogens with two attached hydrogens (primary N) is 1. The van der Waals surface area contributed by atoms with E-state index in [1.54, 1.807) is 0 Å². The normalized spacial score (nSPS) is 10.2. The topological polar surface area (TPSA) is 26.0 Å². The standard InChI is InChI=1S/C25H20.C13H12.C12H11N/c1-3-11-22(12-4-1)24-15-7-9-20(18-24)17-21-10-8-16-25(19-21)23-13-5-2-6-14-23;1-11-6-5-9-13(10-11)12-7-3-2-4-8-12;13-12-8-4-7-11(9-12)10-5-2-1-3-6-10/h1-16,18-19H,17H2;2-10H,1H3;1-9H,13H2. The van der Waals surface area contributed by atoms with E-state index in [4.69, 9.17) is 5.73 Å². The molecule has 0 spiro atoms. The summed E-state index contributed by atoms with van der Waals surface area (Å²) in [4.78, 5) is 0. The molecule has 0 aliphatic carbocycles. The van der Waals surface area contributed by atoms with Crippen molar-refractivity contribution in [2.75, 3.05) is 5.73 Å². The summed E-state index contributed by atoms with van der Waals surface area (Å²) in [5, 5.41) is 0.